The van der Waals surface area contributed by atoms with Crippen molar-refractivity contribution >= 4 is 22.6 Å². The topological polar surface area (TPSA) is 104 Å². The van der Waals surface area contributed by atoms with E-state index >= 15 is 4.39 Å². The number of aromatic amines is 1. The number of nitrogens with two attached hydrogens (primary N) is 1. The standard InChI is InChI=1S/C24H24F4N4O3/c25-17-11-30-22-21(16-3-1-13(33)9-19(16)31-22)20(17)12-5-7-32(8-6-12)23(34)15-4-2-14(10-18(15)29)35-24(26,27)28/h2,4,10-13,33H,1,3,5-9,29H2,(H,30,31)/t13-/m1/s1. The molecule has 0 bridgehead atoms. The molecule has 186 valence electrons. The smallest absolute Gasteiger partial charge is 0.406 e. The van der Waals surface area contributed by atoms with Crippen LogP contribution in [0.1, 0.15) is 52.4 Å². The van der Waals surface area contributed by atoms with Gasteiger partial charge in [-0.15, -0.1) is 13.2 Å². The second kappa shape index (κ2) is 8.71. The summed E-state index contributed by atoms with van der Waals surface area (Å²) < 4.78 is 56.2. The Bertz CT molecular complexity index is 1280. The van der Waals surface area contributed by atoms with Gasteiger partial charge in [-0.1, -0.05) is 0 Å². The van der Waals surface area contributed by atoms with Gasteiger partial charge in [0.25, 0.3) is 5.91 Å². The molecule has 0 saturated carbocycles. The predicted molar refractivity (Wildman–Crippen MR) is 119 cm³/mol. The summed E-state index contributed by atoms with van der Waals surface area (Å²) in [4.78, 5) is 22.0. The lowest BCUT2D eigenvalue weighted by molar-refractivity contribution is -0.274. The molecule has 1 fully saturated rings. The SMILES string of the molecule is Nc1cc(OC(F)(F)F)ccc1C(=O)N1CCC(c2c(F)cnc3[nH]c4c(c23)CC[C@@H](O)C4)CC1. The molecule has 1 aromatic carbocycles. The van der Waals surface area contributed by atoms with E-state index in [2.05, 4.69) is 14.7 Å². The second-order valence-corrected chi connectivity index (χ2v) is 9.09. The maximum Gasteiger partial charge on any atom is 0.573 e. The number of piperidine rings is 1. The number of halogens is 4. The Hall–Kier alpha value is -3.34. The van der Waals surface area contributed by atoms with Crippen molar-refractivity contribution in [2.45, 2.75) is 50.5 Å². The maximum absolute atomic E-state index is 15.0. The van der Waals surface area contributed by atoms with Crippen molar-refractivity contribution in [2.24, 2.45) is 0 Å². The van der Waals surface area contributed by atoms with E-state index in [0.29, 0.717) is 56.4 Å². The van der Waals surface area contributed by atoms with Crippen LogP contribution in [0.5, 0.6) is 5.75 Å². The van der Waals surface area contributed by atoms with Crippen LogP contribution in [0.3, 0.4) is 0 Å². The molecule has 1 atom stereocenters. The first kappa shape index (κ1) is 23.4. The van der Waals surface area contributed by atoms with Crippen LogP contribution in [0, 0.1) is 5.82 Å². The minimum atomic E-state index is -4.86. The van der Waals surface area contributed by atoms with Crippen LogP contribution in [-0.2, 0) is 12.8 Å². The highest BCUT2D eigenvalue weighted by Crippen LogP contribution is 2.39. The molecule has 1 amide bonds. The highest BCUT2D eigenvalue weighted by molar-refractivity contribution is 5.99. The fourth-order valence-corrected chi connectivity index (χ4v) is 5.24. The van der Waals surface area contributed by atoms with Crippen molar-refractivity contribution in [1.29, 1.82) is 0 Å². The number of alkyl halides is 3. The van der Waals surface area contributed by atoms with Crippen molar-refractivity contribution in [3.05, 3.63) is 52.6 Å². The zero-order valence-electron chi connectivity index (χ0n) is 18.7. The maximum atomic E-state index is 15.0. The molecule has 1 saturated heterocycles. The number of nitrogens with one attached hydrogen (secondary N) is 1. The van der Waals surface area contributed by atoms with Crippen LogP contribution < -0.4 is 10.5 Å². The van der Waals surface area contributed by atoms with Crippen molar-refractivity contribution in [1.82, 2.24) is 14.9 Å². The third-order valence-electron chi connectivity index (χ3n) is 6.85. The Balaban J connectivity index is 1.34. The van der Waals surface area contributed by atoms with Crippen LogP contribution >= 0.6 is 0 Å². The Morgan fingerprint density at radius 3 is 2.66 bits per heavy atom. The van der Waals surface area contributed by atoms with Gasteiger partial charge in [0.2, 0.25) is 0 Å². The van der Waals surface area contributed by atoms with Crippen LogP contribution in [0.15, 0.2) is 24.4 Å². The highest BCUT2D eigenvalue weighted by Gasteiger charge is 2.33. The summed E-state index contributed by atoms with van der Waals surface area (Å²) in [6.07, 6.45) is -1.33. The summed E-state index contributed by atoms with van der Waals surface area (Å²) in [5, 5.41) is 10.8. The Morgan fingerprint density at radius 1 is 1.23 bits per heavy atom. The fourth-order valence-electron chi connectivity index (χ4n) is 5.24. The molecule has 0 radical (unpaired) electrons. The number of anilines is 1. The minimum Gasteiger partial charge on any atom is -0.406 e. The first-order valence-electron chi connectivity index (χ1n) is 11.4. The molecule has 1 aliphatic carbocycles. The average Bonchev–Trinajstić information content (AvgIpc) is 3.15. The number of pyridine rings is 1. The molecule has 2 aromatic heterocycles. The predicted octanol–water partition coefficient (Wildman–Crippen LogP) is 4.05. The lowest BCUT2D eigenvalue weighted by Crippen LogP contribution is -2.38. The molecule has 2 aliphatic rings. The monoisotopic (exact) mass is 492 g/mol. The van der Waals surface area contributed by atoms with Gasteiger partial charge in [-0.05, 0) is 49.3 Å². The number of ether oxygens (including phenoxy) is 1. The van der Waals surface area contributed by atoms with E-state index in [1.807, 2.05) is 0 Å². The van der Waals surface area contributed by atoms with Gasteiger partial charge in [-0.25, -0.2) is 9.37 Å². The Kier molecular flexibility index (Phi) is 5.82. The van der Waals surface area contributed by atoms with E-state index < -0.39 is 24.1 Å². The molecule has 3 aromatic rings. The summed E-state index contributed by atoms with van der Waals surface area (Å²) >= 11 is 0. The number of carbonyl (C=O) groups excluding carboxylic acids is 1. The van der Waals surface area contributed by atoms with Crippen LogP contribution in [-0.4, -0.2) is 51.4 Å². The highest BCUT2D eigenvalue weighted by atomic mass is 19.4. The summed E-state index contributed by atoms with van der Waals surface area (Å²) in [6.45, 7) is 0.691. The zero-order chi connectivity index (χ0) is 24.9. The van der Waals surface area contributed by atoms with Crippen LogP contribution in [0.4, 0.5) is 23.2 Å². The van der Waals surface area contributed by atoms with Gasteiger partial charge in [0.05, 0.1) is 17.9 Å². The number of nitrogens with zero attached hydrogens (tertiary/aromatic N) is 2. The summed E-state index contributed by atoms with van der Waals surface area (Å²) in [7, 11) is 0. The van der Waals surface area contributed by atoms with Crippen molar-refractivity contribution < 1.29 is 32.2 Å². The van der Waals surface area contributed by atoms with E-state index in [9.17, 15) is 23.1 Å². The number of rotatable bonds is 3. The van der Waals surface area contributed by atoms with Crippen molar-refractivity contribution in [3.63, 3.8) is 0 Å². The van der Waals surface area contributed by atoms with Crippen molar-refractivity contribution in [2.75, 3.05) is 18.8 Å². The molecular formula is C24H24F4N4O3. The molecule has 11 heteroatoms. The molecule has 1 aliphatic heterocycles. The summed E-state index contributed by atoms with van der Waals surface area (Å²) in [5.41, 5.74) is 8.90. The number of amides is 1. The van der Waals surface area contributed by atoms with Gasteiger partial charge in [0, 0.05) is 47.9 Å². The number of aromatic nitrogens is 2. The molecule has 7 nitrogen and oxygen atoms in total. The number of aliphatic hydroxyl groups excluding tert-OH is 1. The van der Waals surface area contributed by atoms with Gasteiger partial charge in [-0.2, -0.15) is 0 Å². The number of hydrogen-bond acceptors (Lipinski definition) is 5. The number of nitrogen functional groups attached to an aromatic ring is 1. The summed E-state index contributed by atoms with van der Waals surface area (Å²) in [6, 6.07) is 3.25. The third kappa shape index (κ3) is 4.52. The van der Waals surface area contributed by atoms with E-state index in [-0.39, 0.29) is 23.0 Å². The second-order valence-electron chi connectivity index (χ2n) is 9.09. The molecule has 5 rings (SSSR count). The molecule has 0 spiro atoms. The number of aryl methyl sites for hydroxylation is 1. The number of aliphatic hydroxyl groups is 1. The largest absolute Gasteiger partial charge is 0.573 e. The van der Waals surface area contributed by atoms with E-state index in [0.717, 1.165) is 28.8 Å². The van der Waals surface area contributed by atoms with Gasteiger partial charge in [-0.3, -0.25) is 4.79 Å². The molecule has 0 unspecified atom stereocenters. The first-order valence-corrected chi connectivity index (χ1v) is 11.4. The minimum absolute atomic E-state index is 0.0914. The number of benzene rings is 1. The summed E-state index contributed by atoms with van der Waals surface area (Å²) in [5.74, 6) is -1.41. The number of likely N-dealkylation sites (tertiary alicyclic amines) is 1. The third-order valence-corrected chi connectivity index (χ3v) is 6.85. The van der Waals surface area contributed by atoms with Gasteiger partial charge >= 0.3 is 6.36 Å². The Labute approximate surface area is 197 Å². The van der Waals surface area contributed by atoms with E-state index in [4.69, 9.17) is 5.73 Å². The van der Waals surface area contributed by atoms with Gasteiger partial charge in [0.15, 0.2) is 0 Å². The Morgan fingerprint density at radius 2 is 1.97 bits per heavy atom. The average molecular weight is 492 g/mol. The number of H-pyrrole nitrogens is 1. The lowest BCUT2D eigenvalue weighted by atomic mass is 9.84. The van der Waals surface area contributed by atoms with Crippen molar-refractivity contribution in [3.8, 4) is 5.75 Å². The fraction of sp³-hybridized carbons (Fsp3) is 0.417. The van der Waals surface area contributed by atoms with Crippen LogP contribution in [0.2, 0.25) is 0 Å². The number of hydrogen-bond donors (Lipinski definition) is 3. The molecule has 4 N–H and O–H groups in total. The molecule has 35 heavy (non-hydrogen) atoms. The number of carbonyl (C=O) groups is 1. The quantitative estimate of drug-likeness (QED) is 0.378. The van der Waals surface area contributed by atoms with Gasteiger partial charge in [0.1, 0.15) is 17.2 Å². The number of fused-ring (bicyclic) bond motifs is 3. The van der Waals surface area contributed by atoms with Crippen LogP contribution in [0.25, 0.3) is 11.0 Å². The van der Waals surface area contributed by atoms with E-state index in [1.165, 1.54) is 12.3 Å². The first-order chi connectivity index (χ1) is 16.6. The lowest BCUT2D eigenvalue weighted by Gasteiger charge is -2.33. The van der Waals surface area contributed by atoms with E-state index in [1.54, 1.807) is 4.90 Å². The normalized spacial score (nSPS) is 19.1. The molecular weight excluding hydrogens is 468 g/mol. The van der Waals surface area contributed by atoms with Gasteiger partial charge < -0.3 is 25.5 Å². The zero-order valence-corrected chi connectivity index (χ0v) is 18.7. The molecule has 3 heterocycles.